The summed E-state index contributed by atoms with van der Waals surface area (Å²) in [6.07, 6.45) is 0.679. The first-order chi connectivity index (χ1) is 3.81. The Morgan fingerprint density at radius 3 is 3.00 bits per heavy atom. The van der Waals surface area contributed by atoms with E-state index in [4.69, 9.17) is 5.26 Å². The lowest BCUT2D eigenvalue weighted by atomic mass is 10.4. The van der Waals surface area contributed by atoms with Crippen LogP contribution in [0.2, 0.25) is 0 Å². The number of nitrogens with zero attached hydrogens (tertiary/aromatic N) is 1. The molecule has 0 atom stereocenters. The van der Waals surface area contributed by atoms with Crippen LogP contribution in [0, 0.1) is 11.3 Å². The van der Waals surface area contributed by atoms with Crippen molar-refractivity contribution in [3.8, 4) is 6.07 Å². The third kappa shape index (κ3) is 2.91. The van der Waals surface area contributed by atoms with Crippen LogP contribution in [0.4, 0.5) is 0 Å². The van der Waals surface area contributed by atoms with Crippen molar-refractivity contribution in [2.24, 2.45) is 0 Å². The minimum atomic E-state index is 0.179. The number of amides is 1. The number of hydrogen-bond donors (Lipinski definition) is 1. The van der Waals surface area contributed by atoms with Crippen molar-refractivity contribution in [3.63, 3.8) is 0 Å². The van der Waals surface area contributed by atoms with E-state index in [-0.39, 0.29) is 6.42 Å². The van der Waals surface area contributed by atoms with Gasteiger partial charge in [0, 0.05) is 5.70 Å². The third-order valence-corrected chi connectivity index (χ3v) is 0.555. The van der Waals surface area contributed by atoms with E-state index in [0.29, 0.717) is 12.1 Å². The van der Waals surface area contributed by atoms with Crippen LogP contribution in [0.5, 0.6) is 0 Å². The molecule has 1 N–H and O–H groups in total. The van der Waals surface area contributed by atoms with Crippen molar-refractivity contribution in [2.45, 2.75) is 6.42 Å². The Balaban J connectivity index is 3.36. The maximum Gasteiger partial charge on any atom is 0.211 e. The van der Waals surface area contributed by atoms with Crippen LogP contribution in [0.1, 0.15) is 6.42 Å². The van der Waals surface area contributed by atoms with E-state index in [9.17, 15) is 4.79 Å². The van der Waals surface area contributed by atoms with Crippen molar-refractivity contribution in [1.29, 1.82) is 5.26 Å². The molecule has 3 nitrogen and oxygen atoms in total. The summed E-state index contributed by atoms with van der Waals surface area (Å²) in [6, 6.07) is 1.83. The summed E-state index contributed by atoms with van der Waals surface area (Å²) in [4.78, 5) is 9.61. The molecule has 0 rings (SSSR count). The third-order valence-electron chi connectivity index (χ3n) is 0.555. The molecule has 0 aromatic carbocycles. The molecular weight excluding hydrogens is 104 g/mol. The molecule has 0 saturated carbocycles. The first kappa shape index (κ1) is 6.70. The molecule has 0 heterocycles. The Hall–Kier alpha value is -1.30. The second-order valence-corrected chi connectivity index (χ2v) is 1.20. The zero-order valence-corrected chi connectivity index (χ0v) is 4.35. The Morgan fingerprint density at radius 1 is 2.00 bits per heavy atom. The normalized spacial score (nSPS) is 6.88. The molecule has 1 amide bonds. The molecule has 0 radical (unpaired) electrons. The molecular formula is C5H6N2O. The van der Waals surface area contributed by atoms with Gasteiger partial charge in [-0.1, -0.05) is 6.58 Å². The van der Waals surface area contributed by atoms with Gasteiger partial charge in [0.05, 0.1) is 12.5 Å². The summed E-state index contributed by atoms with van der Waals surface area (Å²) in [5.41, 5.74) is 0.433. The predicted molar refractivity (Wildman–Crippen MR) is 28.6 cm³/mol. The Kier molecular flexibility index (Phi) is 3.25. The lowest BCUT2D eigenvalue weighted by Crippen LogP contribution is -2.07. The average molecular weight is 110 g/mol. The molecule has 3 heteroatoms. The van der Waals surface area contributed by atoms with E-state index in [0.717, 1.165) is 0 Å². The molecule has 8 heavy (non-hydrogen) atoms. The Bertz CT molecular complexity index is 134. The highest BCUT2D eigenvalue weighted by Gasteiger charge is 1.85. The molecule has 0 aromatic rings. The molecule has 0 aliphatic heterocycles. The minimum Gasteiger partial charge on any atom is -0.332 e. The number of nitrogens with one attached hydrogen (secondary N) is 1. The molecule has 0 aliphatic carbocycles. The van der Waals surface area contributed by atoms with Crippen molar-refractivity contribution in [2.75, 3.05) is 0 Å². The highest BCUT2D eigenvalue weighted by molar-refractivity contribution is 5.49. The van der Waals surface area contributed by atoms with Crippen molar-refractivity contribution in [1.82, 2.24) is 5.32 Å². The van der Waals surface area contributed by atoms with E-state index in [1.807, 2.05) is 6.07 Å². The molecule has 0 aliphatic rings. The lowest BCUT2D eigenvalue weighted by molar-refractivity contribution is -0.108. The van der Waals surface area contributed by atoms with E-state index in [1.165, 1.54) is 0 Å². The zero-order valence-electron chi connectivity index (χ0n) is 4.35. The van der Waals surface area contributed by atoms with Crippen LogP contribution in [0.25, 0.3) is 0 Å². The van der Waals surface area contributed by atoms with Crippen LogP contribution in [-0.2, 0) is 4.79 Å². The van der Waals surface area contributed by atoms with Gasteiger partial charge in [0.2, 0.25) is 6.41 Å². The smallest absolute Gasteiger partial charge is 0.211 e. The molecule has 0 unspecified atom stereocenters. The van der Waals surface area contributed by atoms with Gasteiger partial charge in [0.25, 0.3) is 0 Å². The van der Waals surface area contributed by atoms with Crippen LogP contribution < -0.4 is 5.32 Å². The van der Waals surface area contributed by atoms with Crippen molar-refractivity contribution < 1.29 is 4.79 Å². The minimum absolute atomic E-state index is 0.179. The fourth-order valence-corrected chi connectivity index (χ4v) is 0.230. The van der Waals surface area contributed by atoms with Crippen molar-refractivity contribution >= 4 is 6.41 Å². The van der Waals surface area contributed by atoms with Gasteiger partial charge in [-0.15, -0.1) is 0 Å². The van der Waals surface area contributed by atoms with Gasteiger partial charge in [-0.3, -0.25) is 4.79 Å². The first-order valence-electron chi connectivity index (χ1n) is 2.06. The SMILES string of the molecule is C=C(CC#N)NC=O. The van der Waals surface area contributed by atoms with E-state index >= 15 is 0 Å². The van der Waals surface area contributed by atoms with Crippen LogP contribution in [0.3, 0.4) is 0 Å². The second-order valence-electron chi connectivity index (χ2n) is 1.20. The summed E-state index contributed by atoms with van der Waals surface area (Å²) < 4.78 is 0. The molecule has 0 fully saturated rings. The highest BCUT2D eigenvalue weighted by Crippen LogP contribution is 1.85. The van der Waals surface area contributed by atoms with Gasteiger partial charge in [-0.25, -0.2) is 0 Å². The van der Waals surface area contributed by atoms with E-state index in [1.54, 1.807) is 0 Å². The summed E-state index contributed by atoms with van der Waals surface area (Å²) >= 11 is 0. The fourth-order valence-electron chi connectivity index (χ4n) is 0.230. The fraction of sp³-hybridized carbons (Fsp3) is 0.200. The molecule has 0 bridgehead atoms. The zero-order chi connectivity index (χ0) is 6.41. The van der Waals surface area contributed by atoms with Gasteiger partial charge in [-0.2, -0.15) is 5.26 Å². The van der Waals surface area contributed by atoms with Gasteiger partial charge in [-0.05, 0) is 0 Å². The van der Waals surface area contributed by atoms with Gasteiger partial charge in [0.1, 0.15) is 0 Å². The summed E-state index contributed by atoms with van der Waals surface area (Å²) in [5.74, 6) is 0. The second kappa shape index (κ2) is 3.88. The molecule has 0 aromatic heterocycles. The summed E-state index contributed by atoms with van der Waals surface area (Å²) in [6.45, 7) is 3.37. The summed E-state index contributed by atoms with van der Waals surface area (Å²) in [5, 5.41) is 10.2. The number of nitriles is 1. The lowest BCUT2D eigenvalue weighted by Gasteiger charge is -1.91. The van der Waals surface area contributed by atoms with Gasteiger partial charge in [0.15, 0.2) is 0 Å². The monoisotopic (exact) mass is 110 g/mol. The Morgan fingerprint density at radius 2 is 2.62 bits per heavy atom. The largest absolute Gasteiger partial charge is 0.332 e. The van der Waals surface area contributed by atoms with Gasteiger partial charge < -0.3 is 5.32 Å². The maximum atomic E-state index is 9.61. The maximum absolute atomic E-state index is 9.61. The van der Waals surface area contributed by atoms with Crippen molar-refractivity contribution in [3.05, 3.63) is 12.3 Å². The number of carbonyl (C=O) groups is 1. The molecule has 42 valence electrons. The first-order valence-corrected chi connectivity index (χ1v) is 2.06. The van der Waals surface area contributed by atoms with Crippen LogP contribution >= 0.6 is 0 Å². The average Bonchev–Trinajstić information content (AvgIpc) is 1.68. The van der Waals surface area contributed by atoms with Crippen LogP contribution in [0.15, 0.2) is 12.3 Å². The predicted octanol–water partition coefficient (Wildman–Crippen LogP) is 0.160. The molecule has 0 spiro atoms. The topological polar surface area (TPSA) is 52.9 Å². The number of rotatable bonds is 3. The van der Waals surface area contributed by atoms with E-state index in [2.05, 4.69) is 11.9 Å². The standard InChI is InChI=1S/C5H6N2O/c1-5(2-3-6)7-4-8/h4H,1-2H2,(H,7,8). The van der Waals surface area contributed by atoms with Crippen LogP contribution in [-0.4, -0.2) is 6.41 Å². The highest BCUT2D eigenvalue weighted by atomic mass is 16.1. The number of hydrogen-bond acceptors (Lipinski definition) is 2. The Labute approximate surface area is 47.6 Å². The van der Waals surface area contributed by atoms with Gasteiger partial charge >= 0.3 is 0 Å². The quantitative estimate of drug-likeness (QED) is 0.526. The number of carbonyl (C=O) groups excluding carboxylic acids is 1. The van der Waals surface area contributed by atoms with E-state index < -0.39 is 0 Å². The molecule has 0 saturated heterocycles. The summed E-state index contributed by atoms with van der Waals surface area (Å²) in [7, 11) is 0. The number of allylic oxidation sites excluding steroid dienone is 1.